The van der Waals surface area contributed by atoms with Crippen LogP contribution in [0.15, 0.2) is 59.1 Å². The molecule has 7 heteroatoms. The molecule has 6 nitrogen and oxygen atoms in total. The molecule has 1 N–H and O–H groups in total. The normalized spacial score (nSPS) is 10.4. The number of fused-ring (bicyclic) bond motifs is 1. The monoisotopic (exact) mass is 457 g/mol. The fraction of sp³-hybridized carbons (Fsp3) is 0.182. The highest BCUT2D eigenvalue weighted by atomic mass is 79.9. The second-order valence-corrected chi connectivity index (χ2v) is 6.93. The van der Waals surface area contributed by atoms with Crippen LogP contribution >= 0.6 is 15.9 Å². The highest BCUT2D eigenvalue weighted by Crippen LogP contribution is 2.36. The molecule has 0 bridgehead atoms. The zero-order chi connectivity index (χ0) is 20.8. The van der Waals surface area contributed by atoms with Gasteiger partial charge in [-0.2, -0.15) is 0 Å². The van der Waals surface area contributed by atoms with Crippen molar-refractivity contribution in [3.05, 3.63) is 64.6 Å². The number of halogens is 1. The number of amides is 1. The van der Waals surface area contributed by atoms with Gasteiger partial charge in [-0.15, -0.1) is 0 Å². The Balaban J connectivity index is 1.67. The first-order valence-electron chi connectivity index (χ1n) is 8.98. The number of ether oxygens (including phenoxy) is 3. The van der Waals surface area contributed by atoms with Crippen molar-refractivity contribution in [2.45, 2.75) is 6.92 Å². The van der Waals surface area contributed by atoms with Crippen LogP contribution in [0.5, 0.6) is 11.5 Å². The summed E-state index contributed by atoms with van der Waals surface area (Å²) in [7, 11) is 1.48. The summed E-state index contributed by atoms with van der Waals surface area (Å²) < 4.78 is 16.5. The molecule has 0 radical (unpaired) electrons. The second kappa shape index (κ2) is 9.43. The average Bonchev–Trinajstić information content (AvgIpc) is 2.73. The molecule has 0 saturated carbocycles. The topological polar surface area (TPSA) is 73.9 Å². The Morgan fingerprint density at radius 3 is 2.59 bits per heavy atom. The molecule has 0 atom stereocenters. The van der Waals surface area contributed by atoms with Gasteiger partial charge in [-0.3, -0.25) is 4.79 Å². The first-order valence-corrected chi connectivity index (χ1v) is 9.77. The van der Waals surface area contributed by atoms with Gasteiger partial charge in [-0.05, 0) is 46.4 Å². The van der Waals surface area contributed by atoms with Gasteiger partial charge < -0.3 is 19.5 Å². The van der Waals surface area contributed by atoms with E-state index in [1.807, 2.05) is 43.3 Å². The number of hydrogen-bond acceptors (Lipinski definition) is 5. The number of nitrogens with one attached hydrogen (secondary N) is 1. The minimum Gasteiger partial charge on any atom is -0.493 e. The minimum absolute atomic E-state index is 0.245. The summed E-state index contributed by atoms with van der Waals surface area (Å²) in [4.78, 5) is 24.7. The molecule has 0 fully saturated rings. The Hall–Kier alpha value is -3.06. The molecule has 150 valence electrons. The lowest BCUT2D eigenvalue weighted by Crippen LogP contribution is -2.21. The molecule has 3 rings (SSSR count). The van der Waals surface area contributed by atoms with Crippen LogP contribution in [0.2, 0.25) is 0 Å². The van der Waals surface area contributed by atoms with Gasteiger partial charge in [0.1, 0.15) is 0 Å². The third-order valence-electron chi connectivity index (χ3n) is 4.15. The molecule has 3 aromatic rings. The zero-order valence-corrected chi connectivity index (χ0v) is 17.6. The molecule has 0 aliphatic rings. The average molecular weight is 458 g/mol. The molecular weight excluding hydrogens is 438 g/mol. The lowest BCUT2D eigenvalue weighted by molar-refractivity contribution is -0.119. The Labute approximate surface area is 176 Å². The largest absolute Gasteiger partial charge is 0.493 e. The number of rotatable bonds is 7. The Kier molecular flexibility index (Phi) is 6.72. The fourth-order valence-corrected chi connectivity index (χ4v) is 3.41. The Morgan fingerprint density at radius 1 is 1.07 bits per heavy atom. The number of methoxy groups -OCH3 is 1. The highest BCUT2D eigenvalue weighted by Gasteiger charge is 2.17. The molecule has 0 spiro atoms. The van der Waals surface area contributed by atoms with E-state index in [1.165, 1.54) is 13.2 Å². The zero-order valence-electron chi connectivity index (χ0n) is 16.0. The van der Waals surface area contributed by atoms with E-state index in [1.54, 1.807) is 12.1 Å². The van der Waals surface area contributed by atoms with Crippen molar-refractivity contribution in [1.82, 2.24) is 0 Å². The quantitative estimate of drug-likeness (QED) is 0.515. The first-order chi connectivity index (χ1) is 14.0. The van der Waals surface area contributed by atoms with Crippen LogP contribution in [0.3, 0.4) is 0 Å². The SMILES string of the molecule is CCOc1c(Br)cc(C(=O)OCC(=O)Nc2cccc3ccccc23)cc1OC. The van der Waals surface area contributed by atoms with Gasteiger partial charge in [-0.1, -0.05) is 36.4 Å². The summed E-state index contributed by atoms with van der Waals surface area (Å²) in [5.74, 6) is -0.166. The predicted molar refractivity (Wildman–Crippen MR) is 115 cm³/mol. The number of carbonyl (C=O) groups excluding carboxylic acids is 2. The number of anilines is 1. The highest BCUT2D eigenvalue weighted by molar-refractivity contribution is 9.10. The van der Waals surface area contributed by atoms with Crippen LogP contribution in [0.25, 0.3) is 10.8 Å². The van der Waals surface area contributed by atoms with Crippen molar-refractivity contribution < 1.29 is 23.8 Å². The number of benzene rings is 3. The molecular formula is C22H20BrNO5. The van der Waals surface area contributed by atoms with Gasteiger partial charge in [0, 0.05) is 11.1 Å². The summed E-state index contributed by atoms with van der Waals surface area (Å²) in [6.07, 6.45) is 0. The van der Waals surface area contributed by atoms with Crippen molar-refractivity contribution in [3.8, 4) is 11.5 Å². The lowest BCUT2D eigenvalue weighted by Gasteiger charge is -2.13. The maximum absolute atomic E-state index is 12.4. The van der Waals surface area contributed by atoms with E-state index in [0.29, 0.717) is 28.3 Å². The van der Waals surface area contributed by atoms with E-state index in [9.17, 15) is 9.59 Å². The van der Waals surface area contributed by atoms with Crippen molar-refractivity contribution in [1.29, 1.82) is 0 Å². The molecule has 0 heterocycles. The fourth-order valence-electron chi connectivity index (χ4n) is 2.86. The van der Waals surface area contributed by atoms with E-state index in [-0.39, 0.29) is 5.56 Å². The summed E-state index contributed by atoms with van der Waals surface area (Å²) in [5.41, 5.74) is 0.907. The van der Waals surface area contributed by atoms with E-state index in [0.717, 1.165) is 10.8 Å². The van der Waals surface area contributed by atoms with E-state index in [2.05, 4.69) is 21.2 Å². The van der Waals surface area contributed by atoms with Crippen LogP contribution in [0, 0.1) is 0 Å². The lowest BCUT2D eigenvalue weighted by atomic mass is 10.1. The summed E-state index contributed by atoms with van der Waals surface area (Å²) >= 11 is 3.36. The number of esters is 1. The van der Waals surface area contributed by atoms with Gasteiger partial charge in [-0.25, -0.2) is 4.79 Å². The van der Waals surface area contributed by atoms with Gasteiger partial charge in [0.25, 0.3) is 5.91 Å². The summed E-state index contributed by atoms with van der Waals surface area (Å²) in [6.45, 7) is 1.89. The van der Waals surface area contributed by atoms with E-state index >= 15 is 0 Å². The van der Waals surface area contributed by atoms with E-state index in [4.69, 9.17) is 14.2 Å². The summed E-state index contributed by atoms with van der Waals surface area (Å²) in [5, 5.41) is 4.70. The number of carbonyl (C=O) groups is 2. The Morgan fingerprint density at radius 2 is 1.83 bits per heavy atom. The molecule has 29 heavy (non-hydrogen) atoms. The van der Waals surface area contributed by atoms with Gasteiger partial charge in [0.15, 0.2) is 18.1 Å². The van der Waals surface area contributed by atoms with Gasteiger partial charge in [0.05, 0.1) is 23.8 Å². The number of hydrogen-bond donors (Lipinski definition) is 1. The first kappa shape index (κ1) is 20.7. The molecule has 1 amide bonds. The van der Waals surface area contributed by atoms with Crippen molar-refractivity contribution >= 4 is 44.3 Å². The third-order valence-corrected chi connectivity index (χ3v) is 4.74. The van der Waals surface area contributed by atoms with Crippen molar-refractivity contribution in [2.24, 2.45) is 0 Å². The molecule has 3 aromatic carbocycles. The molecule has 0 aliphatic heterocycles. The van der Waals surface area contributed by atoms with Crippen LogP contribution < -0.4 is 14.8 Å². The van der Waals surface area contributed by atoms with Gasteiger partial charge >= 0.3 is 5.97 Å². The van der Waals surface area contributed by atoms with Crippen LogP contribution in [-0.4, -0.2) is 32.2 Å². The standard InChI is InChI=1S/C22H20BrNO5/c1-3-28-21-17(23)11-15(12-19(21)27-2)22(26)29-13-20(25)24-18-10-6-8-14-7-4-5-9-16(14)18/h4-12H,3,13H2,1-2H3,(H,24,25). The summed E-state index contributed by atoms with van der Waals surface area (Å²) in [6, 6.07) is 16.4. The molecule has 0 aromatic heterocycles. The van der Waals surface area contributed by atoms with Gasteiger partial charge in [0.2, 0.25) is 0 Å². The maximum Gasteiger partial charge on any atom is 0.338 e. The maximum atomic E-state index is 12.4. The van der Waals surface area contributed by atoms with Crippen molar-refractivity contribution in [3.63, 3.8) is 0 Å². The second-order valence-electron chi connectivity index (χ2n) is 6.07. The van der Waals surface area contributed by atoms with Crippen LogP contribution in [-0.2, 0) is 9.53 Å². The van der Waals surface area contributed by atoms with Crippen molar-refractivity contribution in [2.75, 3.05) is 25.6 Å². The van der Waals surface area contributed by atoms with Crippen LogP contribution in [0.1, 0.15) is 17.3 Å². The van der Waals surface area contributed by atoms with Crippen LogP contribution in [0.4, 0.5) is 5.69 Å². The predicted octanol–water partition coefficient (Wildman–Crippen LogP) is 4.81. The molecule has 0 unspecified atom stereocenters. The smallest absolute Gasteiger partial charge is 0.338 e. The third kappa shape index (κ3) is 4.86. The minimum atomic E-state index is -0.639. The Bertz CT molecular complexity index is 1050. The van der Waals surface area contributed by atoms with E-state index < -0.39 is 18.5 Å². The molecule has 0 saturated heterocycles. The molecule has 0 aliphatic carbocycles.